The van der Waals surface area contributed by atoms with Gasteiger partial charge in [0.05, 0.1) is 12.2 Å². The predicted molar refractivity (Wildman–Crippen MR) is 61.1 cm³/mol. The molecule has 1 aliphatic rings. The first kappa shape index (κ1) is 10.4. The molecule has 1 saturated heterocycles. The average Bonchev–Trinajstić information content (AvgIpc) is 2.30. The van der Waals surface area contributed by atoms with E-state index in [0.717, 1.165) is 31.9 Å². The zero-order valence-electron chi connectivity index (χ0n) is 9.44. The molecule has 2 heterocycles. The summed E-state index contributed by atoms with van der Waals surface area (Å²) in [4.78, 5) is 6.67. The highest BCUT2D eigenvalue weighted by Crippen LogP contribution is 2.23. The molecule has 2 rings (SSSR count). The fraction of sp³-hybridized carbons (Fsp3) is 0.583. The largest absolute Gasteiger partial charge is 0.372 e. The number of hydrogen-bond acceptors (Lipinski definition) is 3. The summed E-state index contributed by atoms with van der Waals surface area (Å²) >= 11 is 0. The van der Waals surface area contributed by atoms with Crippen molar-refractivity contribution in [2.75, 3.05) is 24.6 Å². The summed E-state index contributed by atoms with van der Waals surface area (Å²) < 4.78 is 5.80. The summed E-state index contributed by atoms with van der Waals surface area (Å²) in [6, 6.07) is 6.03. The summed E-state index contributed by atoms with van der Waals surface area (Å²) in [7, 11) is 0. The molecule has 1 aliphatic heterocycles. The molecule has 3 heteroatoms. The van der Waals surface area contributed by atoms with E-state index in [1.807, 2.05) is 18.3 Å². The third kappa shape index (κ3) is 2.29. The fourth-order valence-electron chi connectivity index (χ4n) is 1.88. The van der Waals surface area contributed by atoms with Gasteiger partial charge in [0.15, 0.2) is 0 Å². The van der Waals surface area contributed by atoms with Crippen molar-refractivity contribution < 1.29 is 4.74 Å². The minimum absolute atomic E-state index is 0.0181. The Labute approximate surface area is 91.1 Å². The van der Waals surface area contributed by atoms with Crippen molar-refractivity contribution in [3.8, 4) is 0 Å². The number of hydrogen-bond donors (Lipinski definition) is 0. The Kier molecular flexibility index (Phi) is 2.91. The number of pyridine rings is 1. The number of nitrogens with zero attached hydrogens (tertiary/aromatic N) is 2. The summed E-state index contributed by atoms with van der Waals surface area (Å²) in [5.74, 6) is 1.06. The van der Waals surface area contributed by atoms with Crippen LogP contribution in [0.5, 0.6) is 0 Å². The minimum atomic E-state index is -0.0181. The van der Waals surface area contributed by atoms with Gasteiger partial charge in [-0.05, 0) is 25.5 Å². The Morgan fingerprint density at radius 2 is 2.40 bits per heavy atom. The van der Waals surface area contributed by atoms with Crippen molar-refractivity contribution in [1.29, 1.82) is 0 Å². The molecule has 0 aromatic carbocycles. The Morgan fingerprint density at radius 3 is 3.07 bits per heavy atom. The first-order valence-electron chi connectivity index (χ1n) is 5.53. The van der Waals surface area contributed by atoms with Gasteiger partial charge < -0.3 is 9.64 Å². The summed E-state index contributed by atoms with van der Waals surface area (Å²) in [5.41, 5.74) is -0.0181. The van der Waals surface area contributed by atoms with Gasteiger partial charge in [0.1, 0.15) is 5.82 Å². The molecule has 0 bridgehead atoms. The molecule has 3 nitrogen and oxygen atoms in total. The van der Waals surface area contributed by atoms with Crippen molar-refractivity contribution in [3.63, 3.8) is 0 Å². The van der Waals surface area contributed by atoms with Crippen LogP contribution in [0.1, 0.15) is 20.3 Å². The highest BCUT2D eigenvalue weighted by atomic mass is 16.5. The maximum Gasteiger partial charge on any atom is 0.128 e. The summed E-state index contributed by atoms with van der Waals surface area (Å²) in [6.07, 6.45) is 2.88. The Bertz CT molecular complexity index is 315. The van der Waals surface area contributed by atoms with Crippen LogP contribution in [0.2, 0.25) is 0 Å². The van der Waals surface area contributed by atoms with Gasteiger partial charge >= 0.3 is 0 Å². The molecule has 0 N–H and O–H groups in total. The summed E-state index contributed by atoms with van der Waals surface area (Å²) in [5, 5.41) is 0. The van der Waals surface area contributed by atoms with E-state index in [1.165, 1.54) is 0 Å². The lowest BCUT2D eigenvalue weighted by Crippen LogP contribution is -2.50. The maximum atomic E-state index is 5.80. The van der Waals surface area contributed by atoms with E-state index in [-0.39, 0.29) is 5.60 Å². The van der Waals surface area contributed by atoms with E-state index < -0.39 is 0 Å². The van der Waals surface area contributed by atoms with Crippen molar-refractivity contribution in [2.24, 2.45) is 0 Å². The molecule has 0 saturated carbocycles. The van der Waals surface area contributed by atoms with Crippen LogP contribution in [0.4, 0.5) is 5.82 Å². The van der Waals surface area contributed by atoms with Crippen LogP contribution in [0.25, 0.3) is 0 Å². The second-order valence-electron chi connectivity index (χ2n) is 4.26. The number of ether oxygens (including phenoxy) is 1. The quantitative estimate of drug-likeness (QED) is 0.741. The SMILES string of the molecule is CCC1(C)CN(c2ccccn2)CCO1. The molecule has 15 heavy (non-hydrogen) atoms. The van der Waals surface area contributed by atoms with E-state index in [2.05, 4.69) is 29.8 Å². The molecular formula is C12H18N2O. The molecule has 0 radical (unpaired) electrons. The zero-order chi connectivity index (χ0) is 10.7. The molecule has 0 spiro atoms. The highest BCUT2D eigenvalue weighted by Gasteiger charge is 2.30. The molecule has 82 valence electrons. The van der Waals surface area contributed by atoms with Gasteiger partial charge in [-0.1, -0.05) is 13.0 Å². The van der Waals surface area contributed by atoms with E-state index in [4.69, 9.17) is 4.74 Å². The maximum absolute atomic E-state index is 5.80. The lowest BCUT2D eigenvalue weighted by atomic mass is 10.0. The lowest BCUT2D eigenvalue weighted by molar-refractivity contribution is -0.0443. The Balaban J connectivity index is 2.11. The number of anilines is 1. The molecule has 1 aromatic rings. The topological polar surface area (TPSA) is 25.4 Å². The van der Waals surface area contributed by atoms with Crippen molar-refractivity contribution >= 4 is 5.82 Å². The van der Waals surface area contributed by atoms with Gasteiger partial charge in [-0.25, -0.2) is 4.98 Å². The highest BCUT2D eigenvalue weighted by molar-refractivity contribution is 5.38. The zero-order valence-corrected chi connectivity index (χ0v) is 9.44. The van der Waals surface area contributed by atoms with Gasteiger partial charge in [0.25, 0.3) is 0 Å². The van der Waals surface area contributed by atoms with Crippen LogP contribution in [0.3, 0.4) is 0 Å². The van der Waals surface area contributed by atoms with Crippen molar-refractivity contribution in [1.82, 2.24) is 4.98 Å². The van der Waals surface area contributed by atoms with Gasteiger partial charge in [-0.2, -0.15) is 0 Å². The van der Waals surface area contributed by atoms with Crippen LogP contribution in [0.15, 0.2) is 24.4 Å². The predicted octanol–water partition coefficient (Wildman–Crippen LogP) is 2.09. The molecule has 0 amide bonds. The normalized spacial score (nSPS) is 26.7. The standard InChI is InChI=1S/C12H18N2O/c1-3-12(2)10-14(8-9-15-12)11-6-4-5-7-13-11/h4-7H,3,8-10H2,1-2H3. The summed E-state index contributed by atoms with van der Waals surface area (Å²) in [6.45, 7) is 7.00. The van der Waals surface area contributed by atoms with E-state index in [9.17, 15) is 0 Å². The minimum Gasteiger partial charge on any atom is -0.372 e. The lowest BCUT2D eigenvalue weighted by Gasteiger charge is -2.40. The van der Waals surface area contributed by atoms with Crippen LogP contribution >= 0.6 is 0 Å². The molecule has 1 fully saturated rings. The van der Waals surface area contributed by atoms with Gasteiger partial charge in [-0.15, -0.1) is 0 Å². The number of aromatic nitrogens is 1. The van der Waals surface area contributed by atoms with Crippen molar-refractivity contribution in [3.05, 3.63) is 24.4 Å². The van der Waals surface area contributed by atoms with Gasteiger partial charge in [0.2, 0.25) is 0 Å². The van der Waals surface area contributed by atoms with Crippen molar-refractivity contribution in [2.45, 2.75) is 25.9 Å². The smallest absolute Gasteiger partial charge is 0.128 e. The molecule has 1 aromatic heterocycles. The Hall–Kier alpha value is -1.09. The third-order valence-electron chi connectivity index (χ3n) is 3.06. The van der Waals surface area contributed by atoms with Gasteiger partial charge in [0, 0.05) is 19.3 Å². The Morgan fingerprint density at radius 1 is 1.53 bits per heavy atom. The van der Waals surface area contributed by atoms with Crippen LogP contribution < -0.4 is 4.90 Å². The molecule has 1 atom stereocenters. The van der Waals surface area contributed by atoms with Gasteiger partial charge in [-0.3, -0.25) is 0 Å². The molecule has 1 unspecified atom stereocenters. The molecular weight excluding hydrogens is 188 g/mol. The van der Waals surface area contributed by atoms with Crippen LogP contribution in [-0.4, -0.2) is 30.3 Å². The van der Waals surface area contributed by atoms with E-state index >= 15 is 0 Å². The average molecular weight is 206 g/mol. The monoisotopic (exact) mass is 206 g/mol. The van der Waals surface area contributed by atoms with Crippen LogP contribution in [-0.2, 0) is 4.74 Å². The first-order valence-corrected chi connectivity index (χ1v) is 5.53. The second kappa shape index (κ2) is 4.19. The second-order valence-corrected chi connectivity index (χ2v) is 4.26. The van der Waals surface area contributed by atoms with E-state index in [0.29, 0.717) is 0 Å². The number of morpholine rings is 1. The van der Waals surface area contributed by atoms with Crippen LogP contribution in [0, 0.1) is 0 Å². The van der Waals surface area contributed by atoms with E-state index in [1.54, 1.807) is 0 Å². The third-order valence-corrected chi connectivity index (χ3v) is 3.06. The first-order chi connectivity index (χ1) is 7.23. The molecule has 0 aliphatic carbocycles. The number of rotatable bonds is 2. The fourth-order valence-corrected chi connectivity index (χ4v) is 1.88.